The summed E-state index contributed by atoms with van der Waals surface area (Å²) in [4.78, 5) is 33.5. The molecule has 0 saturated carbocycles. The molecule has 2 N–H and O–H groups in total. The third-order valence-electron chi connectivity index (χ3n) is 8.14. The molecule has 8 nitrogen and oxygen atoms in total. The normalized spacial score (nSPS) is 19.0. The summed E-state index contributed by atoms with van der Waals surface area (Å²) in [6.07, 6.45) is 6.11. The maximum absolute atomic E-state index is 12.5. The molecule has 0 spiro atoms. The number of carbonyl (C=O) groups excluding carboxylic acids is 1. The molecular weight excluding hydrogens is 516 g/mol. The standard InChI is InChI=1S/C33H48N4O4/c1-32(2,3)27-15-9-13-24-21-37(31(39)40)25(20-26(24)27)22-36(19-8-7-17-35-30(38)41-33(4,5)6)28-16-10-12-23-14-11-18-34-29(23)28/h9,11,13-15,18,25,28H,7-8,10,12,16-17,19-22H2,1-6H3,(H,35,38)(H,39,40). The van der Waals surface area contributed by atoms with Crippen LogP contribution in [0.25, 0.3) is 0 Å². The van der Waals surface area contributed by atoms with Crippen LogP contribution in [0.2, 0.25) is 0 Å². The van der Waals surface area contributed by atoms with Crippen molar-refractivity contribution in [2.75, 3.05) is 19.6 Å². The Kier molecular flexibility index (Phi) is 9.62. The van der Waals surface area contributed by atoms with Gasteiger partial charge in [0.2, 0.25) is 0 Å². The second-order valence-electron chi connectivity index (χ2n) is 13.5. The Balaban J connectivity index is 1.54. The Labute approximate surface area is 245 Å². The monoisotopic (exact) mass is 564 g/mol. The highest BCUT2D eigenvalue weighted by Gasteiger charge is 2.36. The number of amides is 2. The maximum Gasteiger partial charge on any atom is 0.407 e. The molecule has 2 aromatic rings. The number of aromatic nitrogens is 1. The summed E-state index contributed by atoms with van der Waals surface area (Å²) in [7, 11) is 0. The van der Waals surface area contributed by atoms with Gasteiger partial charge in [-0.25, -0.2) is 9.59 Å². The SMILES string of the molecule is CC(C)(C)OC(=O)NCCCCN(CC1Cc2c(cccc2C(C)(C)C)CN1C(=O)O)C1CCCc2cccnc21. The molecule has 0 bridgehead atoms. The van der Waals surface area contributed by atoms with Crippen LogP contribution >= 0.6 is 0 Å². The first kappa shape index (κ1) is 30.8. The lowest BCUT2D eigenvalue weighted by Crippen LogP contribution is -2.51. The van der Waals surface area contributed by atoms with E-state index in [1.807, 2.05) is 33.0 Å². The number of benzene rings is 1. The van der Waals surface area contributed by atoms with E-state index in [1.54, 1.807) is 4.90 Å². The van der Waals surface area contributed by atoms with Crippen LogP contribution in [0.3, 0.4) is 0 Å². The molecule has 4 rings (SSSR count). The topological polar surface area (TPSA) is 95.0 Å². The molecule has 1 aromatic carbocycles. The third-order valence-corrected chi connectivity index (χ3v) is 8.14. The zero-order chi connectivity index (χ0) is 29.8. The predicted molar refractivity (Wildman–Crippen MR) is 161 cm³/mol. The fraction of sp³-hybridized carbons (Fsp3) is 0.606. The van der Waals surface area contributed by atoms with E-state index in [0.29, 0.717) is 26.1 Å². The zero-order valence-electron chi connectivity index (χ0n) is 25.7. The van der Waals surface area contributed by atoms with Gasteiger partial charge < -0.3 is 15.2 Å². The first-order valence-electron chi connectivity index (χ1n) is 15.1. The Bertz CT molecular complexity index is 1220. The Morgan fingerprint density at radius 2 is 1.85 bits per heavy atom. The number of aryl methyl sites for hydroxylation is 1. The van der Waals surface area contributed by atoms with Crippen molar-refractivity contribution < 1.29 is 19.4 Å². The van der Waals surface area contributed by atoms with Crippen molar-refractivity contribution in [1.29, 1.82) is 0 Å². The number of pyridine rings is 1. The van der Waals surface area contributed by atoms with Gasteiger partial charge in [0.15, 0.2) is 0 Å². The van der Waals surface area contributed by atoms with Crippen molar-refractivity contribution in [3.8, 4) is 0 Å². The van der Waals surface area contributed by atoms with Crippen LogP contribution < -0.4 is 5.32 Å². The molecule has 0 saturated heterocycles. The molecule has 2 heterocycles. The summed E-state index contributed by atoms with van der Waals surface area (Å²) < 4.78 is 5.37. The molecule has 2 aliphatic rings. The van der Waals surface area contributed by atoms with E-state index in [9.17, 15) is 14.7 Å². The summed E-state index contributed by atoms with van der Waals surface area (Å²) >= 11 is 0. The second-order valence-corrected chi connectivity index (χ2v) is 13.5. The van der Waals surface area contributed by atoms with Gasteiger partial charge in [-0.3, -0.25) is 14.8 Å². The summed E-state index contributed by atoms with van der Waals surface area (Å²) in [5.74, 6) is 0. The average molecular weight is 565 g/mol. The number of ether oxygens (including phenoxy) is 1. The van der Waals surface area contributed by atoms with E-state index in [4.69, 9.17) is 9.72 Å². The summed E-state index contributed by atoms with van der Waals surface area (Å²) in [5, 5.41) is 13.1. The van der Waals surface area contributed by atoms with Gasteiger partial charge in [0.1, 0.15) is 5.60 Å². The molecular formula is C33H48N4O4. The summed E-state index contributed by atoms with van der Waals surface area (Å²) in [5.41, 5.74) is 5.58. The van der Waals surface area contributed by atoms with Crippen molar-refractivity contribution in [3.05, 3.63) is 64.5 Å². The van der Waals surface area contributed by atoms with Gasteiger partial charge in [-0.2, -0.15) is 0 Å². The first-order chi connectivity index (χ1) is 19.3. The minimum Gasteiger partial charge on any atom is -0.465 e. The minimum absolute atomic E-state index is 0.0195. The van der Waals surface area contributed by atoms with E-state index < -0.39 is 17.8 Å². The number of nitrogens with zero attached hydrogens (tertiary/aromatic N) is 3. The number of fused-ring (bicyclic) bond motifs is 2. The lowest BCUT2D eigenvalue weighted by Gasteiger charge is -2.42. The van der Waals surface area contributed by atoms with Crippen LogP contribution in [0.15, 0.2) is 36.5 Å². The Morgan fingerprint density at radius 1 is 1.10 bits per heavy atom. The zero-order valence-corrected chi connectivity index (χ0v) is 25.7. The highest BCUT2D eigenvalue weighted by molar-refractivity contribution is 5.67. The van der Waals surface area contributed by atoms with E-state index >= 15 is 0 Å². The quantitative estimate of drug-likeness (QED) is 0.357. The van der Waals surface area contributed by atoms with Gasteiger partial charge >= 0.3 is 12.2 Å². The third kappa shape index (κ3) is 8.00. The van der Waals surface area contributed by atoms with E-state index in [-0.39, 0.29) is 17.5 Å². The Hall–Kier alpha value is -3.13. The number of unbranched alkanes of at least 4 members (excludes halogenated alkanes) is 1. The molecule has 1 aliphatic carbocycles. The van der Waals surface area contributed by atoms with Crippen molar-refractivity contribution in [2.24, 2.45) is 0 Å². The molecule has 2 atom stereocenters. The van der Waals surface area contributed by atoms with Crippen LogP contribution in [0, 0.1) is 0 Å². The summed E-state index contributed by atoms with van der Waals surface area (Å²) in [6.45, 7) is 14.6. The van der Waals surface area contributed by atoms with Gasteiger partial charge in [0.25, 0.3) is 0 Å². The molecule has 1 aliphatic heterocycles. The smallest absolute Gasteiger partial charge is 0.407 e. The second kappa shape index (κ2) is 12.8. The minimum atomic E-state index is -0.870. The average Bonchev–Trinajstić information content (AvgIpc) is 2.89. The summed E-state index contributed by atoms with van der Waals surface area (Å²) in [6, 6.07) is 10.5. The van der Waals surface area contributed by atoms with Crippen LogP contribution in [-0.2, 0) is 29.5 Å². The highest BCUT2D eigenvalue weighted by Crippen LogP contribution is 2.36. The van der Waals surface area contributed by atoms with Crippen molar-refractivity contribution in [2.45, 2.75) is 110 Å². The van der Waals surface area contributed by atoms with Crippen molar-refractivity contribution in [1.82, 2.24) is 20.1 Å². The van der Waals surface area contributed by atoms with Gasteiger partial charge in [0, 0.05) is 25.8 Å². The van der Waals surface area contributed by atoms with Gasteiger partial charge in [0.05, 0.1) is 17.8 Å². The number of hydrogen-bond donors (Lipinski definition) is 2. The van der Waals surface area contributed by atoms with Crippen LogP contribution in [0.1, 0.15) is 101 Å². The molecule has 1 aromatic heterocycles. The molecule has 0 fully saturated rings. The number of carboxylic acid groups (broad SMARTS) is 1. The molecule has 224 valence electrons. The fourth-order valence-corrected chi connectivity index (χ4v) is 6.30. The maximum atomic E-state index is 12.5. The van der Waals surface area contributed by atoms with E-state index in [1.165, 1.54) is 16.7 Å². The van der Waals surface area contributed by atoms with Crippen LogP contribution in [0.5, 0.6) is 0 Å². The van der Waals surface area contributed by atoms with Gasteiger partial charge in [-0.15, -0.1) is 0 Å². The number of alkyl carbamates (subject to hydrolysis) is 1. The van der Waals surface area contributed by atoms with Crippen molar-refractivity contribution >= 4 is 12.2 Å². The van der Waals surface area contributed by atoms with Gasteiger partial charge in [-0.05, 0) is 99.6 Å². The van der Waals surface area contributed by atoms with Crippen LogP contribution in [-0.4, -0.2) is 63.4 Å². The Morgan fingerprint density at radius 3 is 2.56 bits per heavy atom. The van der Waals surface area contributed by atoms with E-state index in [0.717, 1.165) is 49.9 Å². The molecule has 8 heteroatoms. The highest BCUT2D eigenvalue weighted by atomic mass is 16.6. The first-order valence-corrected chi connectivity index (χ1v) is 15.1. The number of rotatable bonds is 8. The number of hydrogen-bond acceptors (Lipinski definition) is 5. The van der Waals surface area contributed by atoms with Crippen LogP contribution in [0.4, 0.5) is 9.59 Å². The lowest BCUT2D eigenvalue weighted by molar-refractivity contribution is 0.0525. The largest absolute Gasteiger partial charge is 0.465 e. The fourth-order valence-electron chi connectivity index (χ4n) is 6.30. The van der Waals surface area contributed by atoms with E-state index in [2.05, 4.69) is 55.3 Å². The number of carbonyl (C=O) groups is 2. The molecule has 41 heavy (non-hydrogen) atoms. The van der Waals surface area contributed by atoms with Crippen molar-refractivity contribution in [3.63, 3.8) is 0 Å². The molecule has 2 unspecified atom stereocenters. The van der Waals surface area contributed by atoms with Gasteiger partial charge in [-0.1, -0.05) is 45.0 Å². The lowest BCUT2D eigenvalue weighted by atomic mass is 9.78. The predicted octanol–water partition coefficient (Wildman–Crippen LogP) is 6.47. The molecule has 0 radical (unpaired) electrons. The molecule has 2 amide bonds. The number of nitrogens with one attached hydrogen (secondary N) is 1.